The second-order valence-corrected chi connectivity index (χ2v) is 6.30. The normalized spacial score (nSPS) is 13.3. The minimum absolute atomic E-state index is 0.229. The molecule has 1 N–H and O–H groups in total. The molecule has 118 valence electrons. The fraction of sp³-hybridized carbons (Fsp3) is 0.364. The lowest BCUT2D eigenvalue weighted by Gasteiger charge is -2.23. The summed E-state index contributed by atoms with van der Waals surface area (Å²) < 4.78 is 86.9. The minimum Gasteiger partial charge on any atom is -0.478 e. The van der Waals surface area contributed by atoms with Crippen LogP contribution in [0, 0.1) is 6.92 Å². The molecule has 0 amide bonds. The van der Waals surface area contributed by atoms with Crippen molar-refractivity contribution in [2.75, 3.05) is 6.26 Å². The summed E-state index contributed by atoms with van der Waals surface area (Å²) in [6.07, 6.45) is -5.59. The molecule has 0 saturated carbocycles. The average molecular weight is 332 g/mol. The Bertz CT molecular complexity index is 691. The molecule has 0 atom stereocenters. The molecule has 0 radical (unpaired) electrons. The Morgan fingerprint density at radius 3 is 1.95 bits per heavy atom. The van der Waals surface area contributed by atoms with Crippen LogP contribution in [0.25, 0.3) is 0 Å². The molecule has 0 aliphatic rings. The summed E-state index contributed by atoms with van der Waals surface area (Å²) in [6, 6.07) is 0.537. The lowest BCUT2D eigenvalue weighted by Crippen LogP contribution is -2.35. The molecule has 0 aliphatic heterocycles. The lowest BCUT2D eigenvalue weighted by atomic mass is 10.0. The van der Waals surface area contributed by atoms with Crippen molar-refractivity contribution < 1.29 is 40.3 Å². The van der Waals surface area contributed by atoms with Crippen molar-refractivity contribution in [1.82, 2.24) is 0 Å². The van der Waals surface area contributed by atoms with Crippen LogP contribution in [0.2, 0.25) is 0 Å². The van der Waals surface area contributed by atoms with Crippen LogP contribution < -0.4 is 0 Å². The van der Waals surface area contributed by atoms with E-state index in [1.54, 1.807) is 0 Å². The maximum Gasteiger partial charge on any atom is 0.458 e. The highest BCUT2D eigenvalue weighted by molar-refractivity contribution is 7.90. The number of carboxylic acids is 1. The summed E-state index contributed by atoms with van der Waals surface area (Å²) in [4.78, 5) is 9.49. The first kappa shape index (κ1) is 17.3. The van der Waals surface area contributed by atoms with Gasteiger partial charge in [0.1, 0.15) is 0 Å². The van der Waals surface area contributed by atoms with Crippen LogP contribution in [0.4, 0.5) is 22.0 Å². The van der Waals surface area contributed by atoms with Crippen LogP contribution in [0.1, 0.15) is 21.5 Å². The van der Waals surface area contributed by atoms with E-state index in [2.05, 4.69) is 0 Å². The first-order valence-corrected chi connectivity index (χ1v) is 7.11. The third kappa shape index (κ3) is 3.14. The van der Waals surface area contributed by atoms with Gasteiger partial charge in [-0.1, -0.05) is 0 Å². The summed E-state index contributed by atoms with van der Waals surface area (Å²) in [5.41, 5.74) is -2.87. The van der Waals surface area contributed by atoms with E-state index in [1.165, 1.54) is 0 Å². The molecule has 0 unspecified atom stereocenters. The smallest absolute Gasteiger partial charge is 0.458 e. The number of rotatable bonds is 3. The van der Waals surface area contributed by atoms with E-state index in [9.17, 15) is 35.2 Å². The fourth-order valence-corrected chi connectivity index (χ4v) is 2.54. The standard InChI is InChI=1S/C11H9F5O4S/c1-5-3-7(10(12,13)11(14,15)16)8(21(2,19)20)4-6(5)9(17)18/h3-4H,1-2H3,(H,17,18). The SMILES string of the molecule is Cc1cc(C(F)(F)C(F)(F)F)c(S(C)(=O)=O)cc1C(=O)O. The Labute approximate surface area is 116 Å². The highest BCUT2D eigenvalue weighted by Gasteiger charge is 2.60. The van der Waals surface area contributed by atoms with Gasteiger partial charge in [0.15, 0.2) is 9.84 Å². The molecule has 0 aromatic heterocycles. The maximum atomic E-state index is 13.4. The third-order valence-corrected chi connectivity index (χ3v) is 3.79. The molecule has 1 rings (SSSR count). The Hall–Kier alpha value is -1.71. The molecule has 10 heteroatoms. The van der Waals surface area contributed by atoms with Crippen molar-refractivity contribution in [2.45, 2.75) is 23.9 Å². The maximum absolute atomic E-state index is 13.4. The molecule has 4 nitrogen and oxygen atoms in total. The Kier molecular flexibility index (Phi) is 4.07. The summed E-state index contributed by atoms with van der Waals surface area (Å²) in [7, 11) is -4.49. The number of carboxylic acid groups (broad SMARTS) is 1. The third-order valence-electron chi connectivity index (χ3n) is 2.65. The topological polar surface area (TPSA) is 71.4 Å². The van der Waals surface area contributed by atoms with Gasteiger partial charge in [0.05, 0.1) is 10.5 Å². The molecule has 1 aromatic carbocycles. The predicted octanol–water partition coefficient (Wildman–Crippen LogP) is 2.75. The molecule has 0 spiro atoms. The number of hydrogen-bond donors (Lipinski definition) is 1. The van der Waals surface area contributed by atoms with Gasteiger partial charge < -0.3 is 5.11 Å². The molecule has 21 heavy (non-hydrogen) atoms. The number of aryl methyl sites for hydroxylation is 1. The van der Waals surface area contributed by atoms with E-state index >= 15 is 0 Å². The zero-order valence-corrected chi connectivity index (χ0v) is 11.4. The lowest BCUT2D eigenvalue weighted by molar-refractivity contribution is -0.290. The van der Waals surface area contributed by atoms with Gasteiger partial charge in [-0.2, -0.15) is 22.0 Å². The Morgan fingerprint density at radius 2 is 1.62 bits per heavy atom. The fourth-order valence-electron chi connectivity index (χ4n) is 1.62. The van der Waals surface area contributed by atoms with E-state index in [0.29, 0.717) is 12.3 Å². The van der Waals surface area contributed by atoms with Crippen LogP contribution in [0.5, 0.6) is 0 Å². The van der Waals surface area contributed by atoms with Crippen molar-refractivity contribution in [1.29, 1.82) is 0 Å². The van der Waals surface area contributed by atoms with Crippen molar-refractivity contribution in [3.8, 4) is 0 Å². The van der Waals surface area contributed by atoms with Gasteiger partial charge in [-0.05, 0) is 24.6 Å². The largest absolute Gasteiger partial charge is 0.478 e. The van der Waals surface area contributed by atoms with Crippen LogP contribution >= 0.6 is 0 Å². The Morgan fingerprint density at radius 1 is 1.14 bits per heavy atom. The van der Waals surface area contributed by atoms with Crippen molar-refractivity contribution >= 4 is 15.8 Å². The zero-order valence-electron chi connectivity index (χ0n) is 10.6. The van der Waals surface area contributed by atoms with Crippen LogP contribution in [0.3, 0.4) is 0 Å². The van der Waals surface area contributed by atoms with Gasteiger partial charge in [0, 0.05) is 11.8 Å². The second kappa shape index (κ2) is 4.93. The molecule has 0 fully saturated rings. The molecular formula is C11H9F5O4S. The first-order chi connectivity index (χ1) is 9.19. The average Bonchev–Trinajstić information content (AvgIpc) is 2.24. The minimum atomic E-state index is -6.01. The Balaban J connectivity index is 3.84. The van der Waals surface area contributed by atoms with E-state index in [0.717, 1.165) is 6.92 Å². The van der Waals surface area contributed by atoms with E-state index in [1.807, 2.05) is 0 Å². The van der Waals surface area contributed by atoms with Crippen molar-refractivity contribution in [3.05, 3.63) is 28.8 Å². The zero-order chi connectivity index (χ0) is 16.8. The summed E-state index contributed by atoms with van der Waals surface area (Å²) in [5.74, 6) is -7.06. The van der Waals surface area contributed by atoms with Crippen LogP contribution in [-0.4, -0.2) is 31.9 Å². The highest BCUT2D eigenvalue weighted by Crippen LogP contribution is 2.46. The van der Waals surface area contributed by atoms with Gasteiger partial charge in [0.2, 0.25) is 0 Å². The van der Waals surface area contributed by atoms with E-state index < -0.39 is 49.5 Å². The van der Waals surface area contributed by atoms with Gasteiger partial charge in [-0.15, -0.1) is 0 Å². The first-order valence-electron chi connectivity index (χ1n) is 5.22. The van der Waals surface area contributed by atoms with Gasteiger partial charge >= 0.3 is 18.1 Å². The summed E-state index contributed by atoms with van der Waals surface area (Å²) in [6.45, 7) is 0.992. The molecule has 0 aliphatic carbocycles. The van der Waals surface area contributed by atoms with Gasteiger partial charge in [-0.25, -0.2) is 13.2 Å². The van der Waals surface area contributed by atoms with Gasteiger partial charge in [-0.3, -0.25) is 0 Å². The quantitative estimate of drug-likeness (QED) is 0.864. The number of halogens is 5. The highest BCUT2D eigenvalue weighted by atomic mass is 32.2. The van der Waals surface area contributed by atoms with Crippen LogP contribution in [-0.2, 0) is 15.8 Å². The molecule has 1 aromatic rings. The summed E-state index contributed by atoms with van der Waals surface area (Å²) in [5, 5.41) is 8.80. The molecular weight excluding hydrogens is 323 g/mol. The molecule has 0 bridgehead atoms. The van der Waals surface area contributed by atoms with E-state index in [4.69, 9.17) is 5.11 Å². The number of alkyl halides is 5. The van der Waals surface area contributed by atoms with E-state index in [-0.39, 0.29) is 6.07 Å². The monoisotopic (exact) mass is 332 g/mol. The molecule has 0 heterocycles. The van der Waals surface area contributed by atoms with Crippen LogP contribution in [0.15, 0.2) is 17.0 Å². The summed E-state index contributed by atoms with van der Waals surface area (Å²) >= 11 is 0. The second-order valence-electron chi connectivity index (χ2n) is 4.31. The predicted molar refractivity (Wildman–Crippen MR) is 61.2 cm³/mol. The van der Waals surface area contributed by atoms with Crippen molar-refractivity contribution in [2.24, 2.45) is 0 Å². The number of aromatic carboxylic acids is 1. The number of sulfone groups is 1. The number of benzene rings is 1. The molecule has 0 saturated heterocycles. The van der Waals surface area contributed by atoms with Crippen molar-refractivity contribution in [3.63, 3.8) is 0 Å². The number of carbonyl (C=O) groups is 1. The number of hydrogen-bond acceptors (Lipinski definition) is 3. The van der Waals surface area contributed by atoms with Gasteiger partial charge in [0.25, 0.3) is 0 Å².